The summed E-state index contributed by atoms with van der Waals surface area (Å²) in [5, 5.41) is 8.81. The predicted molar refractivity (Wildman–Crippen MR) is 69.2 cm³/mol. The first-order valence-corrected chi connectivity index (χ1v) is 6.63. The maximum absolute atomic E-state index is 12.4. The number of carbonyl (C=O) groups is 2. The Hall–Kier alpha value is -1.78. The zero-order chi connectivity index (χ0) is 14.0. The number of carbonyl (C=O) groups excluding carboxylic acids is 1. The Morgan fingerprint density at radius 1 is 1.26 bits per heavy atom. The molecule has 5 nitrogen and oxygen atoms in total. The lowest BCUT2D eigenvalue weighted by Crippen LogP contribution is -2.39. The van der Waals surface area contributed by atoms with Crippen LogP contribution in [0.3, 0.4) is 0 Å². The van der Waals surface area contributed by atoms with Gasteiger partial charge < -0.3 is 14.4 Å². The van der Waals surface area contributed by atoms with Gasteiger partial charge in [0, 0.05) is 12.6 Å². The van der Waals surface area contributed by atoms with Crippen molar-refractivity contribution in [2.24, 2.45) is 5.92 Å². The number of rotatable bonds is 2. The molecular formula is C14H19NO4. The first-order valence-electron chi connectivity index (χ1n) is 6.63. The lowest BCUT2D eigenvalue weighted by atomic mass is 10.1. The number of furan rings is 1. The van der Waals surface area contributed by atoms with Crippen molar-refractivity contribution in [1.82, 2.24) is 4.90 Å². The maximum Gasteiger partial charge on any atom is 0.371 e. The molecule has 0 radical (unpaired) electrons. The molecular weight excluding hydrogens is 246 g/mol. The van der Waals surface area contributed by atoms with Gasteiger partial charge in [-0.25, -0.2) is 4.79 Å². The Morgan fingerprint density at radius 3 is 2.58 bits per heavy atom. The van der Waals surface area contributed by atoms with Crippen molar-refractivity contribution >= 4 is 11.9 Å². The molecule has 2 rings (SSSR count). The third-order valence-corrected chi connectivity index (χ3v) is 3.65. The number of hydrogen-bond donors (Lipinski definition) is 1. The van der Waals surface area contributed by atoms with Gasteiger partial charge in [0.05, 0.1) is 0 Å². The summed E-state index contributed by atoms with van der Waals surface area (Å²) < 4.78 is 5.09. The Morgan fingerprint density at radius 2 is 1.95 bits per heavy atom. The van der Waals surface area contributed by atoms with Crippen LogP contribution < -0.4 is 0 Å². The van der Waals surface area contributed by atoms with Crippen LogP contribution in [0.25, 0.3) is 0 Å². The molecule has 1 saturated heterocycles. The molecule has 104 valence electrons. The van der Waals surface area contributed by atoms with Crippen LogP contribution >= 0.6 is 0 Å². The fourth-order valence-electron chi connectivity index (χ4n) is 2.52. The highest BCUT2D eigenvalue weighted by Crippen LogP contribution is 2.23. The highest BCUT2D eigenvalue weighted by atomic mass is 16.4. The smallest absolute Gasteiger partial charge is 0.371 e. The second-order valence-corrected chi connectivity index (χ2v) is 5.31. The largest absolute Gasteiger partial charge is 0.475 e. The van der Waals surface area contributed by atoms with Gasteiger partial charge in [-0.2, -0.15) is 0 Å². The van der Waals surface area contributed by atoms with E-state index in [1.165, 1.54) is 12.1 Å². The van der Waals surface area contributed by atoms with Crippen LogP contribution in [-0.2, 0) is 0 Å². The number of likely N-dealkylation sites (tertiary alicyclic amines) is 1. The second-order valence-electron chi connectivity index (χ2n) is 5.31. The monoisotopic (exact) mass is 265 g/mol. The molecule has 2 heterocycles. The molecule has 1 aliphatic heterocycles. The SMILES string of the molecule is CC1CCCC(C)N(C(=O)c2ccc(C(=O)O)o2)C1. The average molecular weight is 265 g/mol. The van der Waals surface area contributed by atoms with Gasteiger partial charge in [0.1, 0.15) is 0 Å². The molecule has 0 saturated carbocycles. The molecule has 1 aromatic heterocycles. The summed E-state index contributed by atoms with van der Waals surface area (Å²) in [5.74, 6) is -0.995. The van der Waals surface area contributed by atoms with Crippen LogP contribution in [-0.4, -0.2) is 34.5 Å². The molecule has 0 aliphatic carbocycles. The van der Waals surface area contributed by atoms with Crippen molar-refractivity contribution in [2.75, 3.05) is 6.54 Å². The second kappa shape index (κ2) is 5.47. The van der Waals surface area contributed by atoms with E-state index in [-0.39, 0.29) is 23.5 Å². The van der Waals surface area contributed by atoms with Gasteiger partial charge in [-0.05, 0) is 37.8 Å². The Kier molecular flexibility index (Phi) is 3.93. The lowest BCUT2D eigenvalue weighted by Gasteiger charge is -2.27. The molecule has 1 N–H and O–H groups in total. The van der Waals surface area contributed by atoms with E-state index in [9.17, 15) is 9.59 Å². The molecule has 5 heteroatoms. The number of nitrogens with zero attached hydrogens (tertiary/aromatic N) is 1. The van der Waals surface area contributed by atoms with Crippen molar-refractivity contribution in [3.05, 3.63) is 23.7 Å². The number of hydrogen-bond acceptors (Lipinski definition) is 3. The van der Waals surface area contributed by atoms with Crippen molar-refractivity contribution in [3.8, 4) is 0 Å². The summed E-state index contributed by atoms with van der Waals surface area (Å²) in [6.45, 7) is 4.85. The quantitative estimate of drug-likeness (QED) is 0.892. The van der Waals surface area contributed by atoms with Crippen LogP contribution in [0.5, 0.6) is 0 Å². The fraction of sp³-hybridized carbons (Fsp3) is 0.571. The van der Waals surface area contributed by atoms with Crippen molar-refractivity contribution < 1.29 is 19.1 Å². The highest BCUT2D eigenvalue weighted by Gasteiger charge is 2.28. The molecule has 1 aromatic rings. The van der Waals surface area contributed by atoms with E-state index in [0.717, 1.165) is 19.3 Å². The topological polar surface area (TPSA) is 70.8 Å². The van der Waals surface area contributed by atoms with Crippen LogP contribution in [0.2, 0.25) is 0 Å². The minimum atomic E-state index is -1.16. The molecule has 0 bridgehead atoms. The molecule has 0 aromatic carbocycles. The minimum absolute atomic E-state index is 0.110. The van der Waals surface area contributed by atoms with Gasteiger partial charge in [-0.3, -0.25) is 4.79 Å². The summed E-state index contributed by atoms with van der Waals surface area (Å²) in [4.78, 5) is 24.9. The van der Waals surface area contributed by atoms with Gasteiger partial charge in [0.25, 0.3) is 5.91 Å². The third kappa shape index (κ3) is 2.97. The maximum atomic E-state index is 12.4. The zero-order valence-corrected chi connectivity index (χ0v) is 11.3. The van der Waals surface area contributed by atoms with Crippen LogP contribution in [0.1, 0.15) is 54.2 Å². The van der Waals surface area contributed by atoms with E-state index >= 15 is 0 Å². The predicted octanol–water partition coefficient (Wildman–Crippen LogP) is 2.63. The van der Waals surface area contributed by atoms with E-state index < -0.39 is 5.97 Å². The van der Waals surface area contributed by atoms with Gasteiger partial charge in [0.2, 0.25) is 5.76 Å². The van der Waals surface area contributed by atoms with Crippen LogP contribution in [0.4, 0.5) is 0 Å². The number of carboxylic acids is 1. The van der Waals surface area contributed by atoms with Gasteiger partial charge >= 0.3 is 5.97 Å². The summed E-state index contributed by atoms with van der Waals surface area (Å²) in [6.07, 6.45) is 3.21. The average Bonchev–Trinajstić information content (AvgIpc) is 2.78. The summed E-state index contributed by atoms with van der Waals surface area (Å²) >= 11 is 0. The third-order valence-electron chi connectivity index (χ3n) is 3.65. The molecule has 19 heavy (non-hydrogen) atoms. The van der Waals surface area contributed by atoms with E-state index in [1.54, 1.807) is 4.90 Å². The summed E-state index contributed by atoms with van der Waals surface area (Å²) in [5.41, 5.74) is 0. The normalized spacial score (nSPS) is 24.0. The van der Waals surface area contributed by atoms with E-state index in [0.29, 0.717) is 12.5 Å². The highest BCUT2D eigenvalue weighted by molar-refractivity contribution is 5.93. The van der Waals surface area contributed by atoms with E-state index in [2.05, 4.69) is 6.92 Å². The molecule has 2 atom stereocenters. The van der Waals surface area contributed by atoms with Crippen molar-refractivity contribution in [3.63, 3.8) is 0 Å². The Balaban J connectivity index is 2.18. The van der Waals surface area contributed by atoms with Crippen molar-refractivity contribution in [1.29, 1.82) is 0 Å². The molecule has 2 unspecified atom stereocenters. The van der Waals surface area contributed by atoms with E-state index in [4.69, 9.17) is 9.52 Å². The summed E-state index contributed by atoms with van der Waals surface area (Å²) in [7, 11) is 0. The first-order chi connectivity index (χ1) is 8.99. The van der Waals surface area contributed by atoms with Crippen LogP contribution in [0.15, 0.2) is 16.5 Å². The standard InChI is InChI=1S/C14H19NO4/c1-9-4-3-5-10(2)15(8-9)13(16)11-6-7-12(19-11)14(17)18/h6-7,9-10H,3-5,8H2,1-2H3,(H,17,18). The van der Waals surface area contributed by atoms with Crippen LogP contribution in [0, 0.1) is 5.92 Å². The Labute approximate surface area is 112 Å². The lowest BCUT2D eigenvalue weighted by molar-refractivity contribution is 0.0621. The molecule has 1 fully saturated rings. The van der Waals surface area contributed by atoms with Gasteiger partial charge in [0.15, 0.2) is 5.76 Å². The number of aromatic carboxylic acids is 1. The molecule has 1 amide bonds. The van der Waals surface area contributed by atoms with Gasteiger partial charge in [-0.15, -0.1) is 0 Å². The number of carboxylic acid groups (broad SMARTS) is 1. The van der Waals surface area contributed by atoms with Gasteiger partial charge in [-0.1, -0.05) is 13.3 Å². The fourth-order valence-corrected chi connectivity index (χ4v) is 2.52. The first kappa shape index (κ1) is 13.6. The Bertz CT molecular complexity index is 480. The minimum Gasteiger partial charge on any atom is -0.475 e. The van der Waals surface area contributed by atoms with Crippen molar-refractivity contribution in [2.45, 2.75) is 39.2 Å². The van der Waals surface area contributed by atoms with E-state index in [1.807, 2.05) is 6.92 Å². The number of amides is 1. The summed E-state index contributed by atoms with van der Waals surface area (Å²) in [6, 6.07) is 2.92. The molecule has 0 spiro atoms. The zero-order valence-electron chi connectivity index (χ0n) is 11.3. The molecule has 1 aliphatic rings.